The van der Waals surface area contributed by atoms with Crippen molar-refractivity contribution in [1.82, 2.24) is 10.2 Å². The van der Waals surface area contributed by atoms with Crippen molar-refractivity contribution in [2.24, 2.45) is 0 Å². The number of alkyl halides is 3. The molecule has 0 unspecified atom stereocenters. The zero-order chi connectivity index (χ0) is 24.2. The van der Waals surface area contributed by atoms with Gasteiger partial charge in [0.15, 0.2) is 0 Å². The van der Waals surface area contributed by atoms with Crippen molar-refractivity contribution in [3.8, 4) is 0 Å². The lowest BCUT2D eigenvalue weighted by molar-refractivity contribution is -0.138. The Labute approximate surface area is 186 Å². The van der Waals surface area contributed by atoms with Crippen LogP contribution in [0, 0.1) is 5.82 Å². The molecule has 2 amide bonds. The number of halogens is 4. The van der Waals surface area contributed by atoms with Crippen LogP contribution < -0.4 is 5.32 Å². The molecule has 0 fully saturated rings. The number of fused-ring (bicyclic) bond motifs is 1. The van der Waals surface area contributed by atoms with E-state index < -0.39 is 35.9 Å². The molecule has 0 aliphatic carbocycles. The van der Waals surface area contributed by atoms with E-state index in [4.69, 9.17) is 5.11 Å². The van der Waals surface area contributed by atoms with E-state index in [1.165, 1.54) is 29.2 Å². The van der Waals surface area contributed by atoms with Crippen LogP contribution in [0.2, 0.25) is 0 Å². The van der Waals surface area contributed by atoms with Gasteiger partial charge in [-0.05, 0) is 46.9 Å². The molecule has 0 radical (unpaired) electrons. The summed E-state index contributed by atoms with van der Waals surface area (Å²) in [5.41, 5.74) is 0.654. The molecule has 2 N–H and O–H groups in total. The highest BCUT2D eigenvalue weighted by molar-refractivity contribution is 5.94. The highest BCUT2D eigenvalue weighted by atomic mass is 19.4. The third-order valence-electron chi connectivity index (χ3n) is 5.19. The fraction of sp³-hybridized carbons (Fsp3) is 0.261. The fourth-order valence-electron chi connectivity index (χ4n) is 3.46. The van der Waals surface area contributed by atoms with E-state index in [2.05, 4.69) is 5.32 Å². The molecular formula is C23H20F4N2O4. The summed E-state index contributed by atoms with van der Waals surface area (Å²) in [6.45, 7) is 0.0529. The van der Waals surface area contributed by atoms with Crippen LogP contribution in [0.5, 0.6) is 0 Å². The average Bonchev–Trinajstić information content (AvgIpc) is 2.77. The Kier molecular flexibility index (Phi) is 7.15. The Bertz CT molecular complexity index is 1090. The maximum atomic E-state index is 14.5. The lowest BCUT2D eigenvalue weighted by Crippen LogP contribution is -2.42. The predicted molar refractivity (Wildman–Crippen MR) is 110 cm³/mol. The van der Waals surface area contributed by atoms with Crippen LogP contribution in [0.15, 0.2) is 42.5 Å². The Balaban J connectivity index is 1.53. The monoisotopic (exact) mass is 464 g/mol. The second-order valence-corrected chi connectivity index (χ2v) is 7.48. The van der Waals surface area contributed by atoms with Gasteiger partial charge in [0.05, 0.1) is 18.5 Å². The van der Waals surface area contributed by atoms with Gasteiger partial charge in [-0.2, -0.15) is 13.2 Å². The number of aliphatic carboxylic acids is 1. The number of carboxylic acid groups (broad SMARTS) is 1. The zero-order valence-electron chi connectivity index (χ0n) is 17.3. The van der Waals surface area contributed by atoms with Crippen LogP contribution in [-0.4, -0.2) is 40.9 Å². The highest BCUT2D eigenvalue weighted by Crippen LogP contribution is 2.29. The molecule has 2 aromatic carbocycles. The molecule has 0 aromatic heterocycles. The Hall–Kier alpha value is -3.69. The molecule has 2 aromatic rings. The van der Waals surface area contributed by atoms with E-state index in [0.717, 1.165) is 18.2 Å². The molecule has 0 saturated carbocycles. The Morgan fingerprint density at radius 3 is 2.42 bits per heavy atom. The van der Waals surface area contributed by atoms with Gasteiger partial charge in [-0.3, -0.25) is 14.4 Å². The second-order valence-electron chi connectivity index (χ2n) is 7.48. The molecule has 0 atom stereocenters. The van der Waals surface area contributed by atoms with E-state index in [9.17, 15) is 31.9 Å². The minimum Gasteiger partial charge on any atom is -0.481 e. The number of rotatable bonds is 6. The molecule has 0 spiro atoms. The SMILES string of the molecule is O=C(O)Cc1ccc2c(c1F)CCN(C(=O)CNC(=O)/C=C/c1ccc(C(F)(F)F)cc1)C2. The summed E-state index contributed by atoms with van der Waals surface area (Å²) in [5, 5.41) is 11.3. The van der Waals surface area contributed by atoms with Crippen molar-refractivity contribution in [2.45, 2.75) is 25.6 Å². The van der Waals surface area contributed by atoms with E-state index in [0.29, 0.717) is 16.7 Å². The largest absolute Gasteiger partial charge is 0.481 e. The van der Waals surface area contributed by atoms with Gasteiger partial charge in [0, 0.05) is 19.2 Å². The minimum absolute atomic E-state index is 0.0909. The minimum atomic E-state index is -4.44. The molecule has 3 rings (SSSR count). The summed E-state index contributed by atoms with van der Waals surface area (Å²) in [7, 11) is 0. The number of hydrogen-bond acceptors (Lipinski definition) is 3. The topological polar surface area (TPSA) is 86.7 Å². The van der Waals surface area contributed by atoms with Crippen molar-refractivity contribution < 1.29 is 37.1 Å². The van der Waals surface area contributed by atoms with Gasteiger partial charge >= 0.3 is 12.1 Å². The molecule has 10 heteroatoms. The molecule has 174 valence electrons. The molecule has 1 aliphatic rings. The maximum Gasteiger partial charge on any atom is 0.416 e. The molecule has 1 heterocycles. The third kappa shape index (κ3) is 6.18. The highest BCUT2D eigenvalue weighted by Gasteiger charge is 2.29. The van der Waals surface area contributed by atoms with Crippen LogP contribution in [0.4, 0.5) is 17.6 Å². The average molecular weight is 464 g/mol. The van der Waals surface area contributed by atoms with Crippen LogP contribution in [0.1, 0.15) is 27.8 Å². The zero-order valence-corrected chi connectivity index (χ0v) is 17.3. The molecule has 1 aliphatic heterocycles. The van der Waals surface area contributed by atoms with Crippen LogP contribution in [0.25, 0.3) is 6.08 Å². The summed E-state index contributed by atoms with van der Waals surface area (Å²) < 4.78 is 52.2. The van der Waals surface area contributed by atoms with Crippen LogP contribution in [0.3, 0.4) is 0 Å². The van der Waals surface area contributed by atoms with E-state index in [1.54, 1.807) is 6.07 Å². The third-order valence-corrected chi connectivity index (χ3v) is 5.19. The van der Waals surface area contributed by atoms with Crippen molar-refractivity contribution in [3.63, 3.8) is 0 Å². The Morgan fingerprint density at radius 1 is 1.09 bits per heavy atom. The summed E-state index contributed by atoms with van der Waals surface area (Å²) in [4.78, 5) is 36.7. The number of carboxylic acids is 1. The summed E-state index contributed by atoms with van der Waals surface area (Å²) in [6.07, 6.45) is -2.20. The lowest BCUT2D eigenvalue weighted by Gasteiger charge is -2.29. The summed E-state index contributed by atoms with van der Waals surface area (Å²) in [6, 6.07) is 7.25. The van der Waals surface area contributed by atoms with Gasteiger partial charge in [-0.25, -0.2) is 4.39 Å². The van der Waals surface area contributed by atoms with Gasteiger partial charge in [0.1, 0.15) is 5.82 Å². The van der Waals surface area contributed by atoms with Crippen LogP contribution in [-0.2, 0) is 39.9 Å². The second kappa shape index (κ2) is 9.85. The van der Waals surface area contributed by atoms with Gasteiger partial charge in [-0.1, -0.05) is 24.3 Å². The molecule has 0 bridgehead atoms. The lowest BCUT2D eigenvalue weighted by atomic mass is 9.95. The molecule has 33 heavy (non-hydrogen) atoms. The first-order valence-corrected chi connectivity index (χ1v) is 9.96. The summed E-state index contributed by atoms with van der Waals surface area (Å²) in [5.74, 6) is -2.68. The number of benzene rings is 2. The first kappa shape index (κ1) is 24.0. The fourth-order valence-corrected chi connectivity index (χ4v) is 3.46. The summed E-state index contributed by atoms with van der Waals surface area (Å²) >= 11 is 0. The van der Waals surface area contributed by atoms with Gasteiger partial charge in [0.25, 0.3) is 0 Å². The van der Waals surface area contributed by atoms with E-state index in [-0.39, 0.29) is 37.5 Å². The molecular weight excluding hydrogens is 444 g/mol. The number of carbonyl (C=O) groups is 3. The Morgan fingerprint density at radius 2 is 1.79 bits per heavy atom. The van der Waals surface area contributed by atoms with Gasteiger partial charge in [-0.15, -0.1) is 0 Å². The first-order chi connectivity index (χ1) is 15.5. The van der Waals surface area contributed by atoms with Crippen LogP contribution >= 0.6 is 0 Å². The van der Waals surface area contributed by atoms with E-state index >= 15 is 0 Å². The predicted octanol–water partition coefficient (Wildman–Crippen LogP) is 3.19. The van der Waals surface area contributed by atoms with Crippen molar-refractivity contribution in [3.05, 3.63) is 76.1 Å². The van der Waals surface area contributed by atoms with Crippen molar-refractivity contribution in [2.75, 3.05) is 13.1 Å². The van der Waals surface area contributed by atoms with Gasteiger partial charge < -0.3 is 15.3 Å². The first-order valence-electron chi connectivity index (χ1n) is 9.96. The van der Waals surface area contributed by atoms with Crippen molar-refractivity contribution in [1.29, 1.82) is 0 Å². The van der Waals surface area contributed by atoms with Crippen molar-refractivity contribution >= 4 is 23.9 Å². The number of carbonyl (C=O) groups excluding carboxylic acids is 2. The van der Waals surface area contributed by atoms with Gasteiger partial charge in [0.2, 0.25) is 11.8 Å². The van der Waals surface area contributed by atoms with E-state index in [1.807, 2.05) is 0 Å². The molecule has 0 saturated heterocycles. The normalized spacial score (nSPS) is 13.6. The number of nitrogens with zero attached hydrogens (tertiary/aromatic N) is 1. The standard InChI is InChI=1S/C23H20F4N2O4/c24-22-15(11-21(32)33)4-5-16-13-29(10-9-18(16)22)20(31)12-28-19(30)8-3-14-1-6-17(7-2-14)23(25,26)27/h1-8H,9-13H2,(H,28,30)(H,32,33)/b8-3+. The number of nitrogens with one attached hydrogen (secondary N) is 1. The molecule has 6 nitrogen and oxygen atoms in total. The smallest absolute Gasteiger partial charge is 0.416 e. The number of amides is 2. The maximum absolute atomic E-state index is 14.5. The number of hydrogen-bond donors (Lipinski definition) is 2. The quantitative estimate of drug-likeness (QED) is 0.508.